The van der Waals surface area contributed by atoms with Crippen LogP contribution in [0.15, 0.2) is 46.2 Å². The summed E-state index contributed by atoms with van der Waals surface area (Å²) in [6.07, 6.45) is 3.32. The maximum Gasteiger partial charge on any atom is 0.336 e. The summed E-state index contributed by atoms with van der Waals surface area (Å²) < 4.78 is 16.7. The van der Waals surface area contributed by atoms with Crippen molar-refractivity contribution in [2.45, 2.75) is 19.8 Å². The van der Waals surface area contributed by atoms with Gasteiger partial charge in [0.1, 0.15) is 5.75 Å². The van der Waals surface area contributed by atoms with Crippen LogP contribution in [0, 0.1) is 0 Å². The second-order valence-electron chi connectivity index (χ2n) is 5.59. The highest BCUT2D eigenvalue weighted by Crippen LogP contribution is 2.41. The van der Waals surface area contributed by atoms with Gasteiger partial charge in [-0.15, -0.1) is 0 Å². The first-order valence-corrected chi connectivity index (χ1v) is 9.05. The van der Waals surface area contributed by atoms with E-state index in [-0.39, 0.29) is 13.2 Å². The zero-order valence-corrected chi connectivity index (χ0v) is 16.8. The van der Waals surface area contributed by atoms with Crippen molar-refractivity contribution in [3.63, 3.8) is 0 Å². The molecule has 1 aliphatic rings. The second-order valence-corrected chi connectivity index (χ2v) is 6.51. The van der Waals surface area contributed by atoms with Gasteiger partial charge in [0.25, 0.3) is 0 Å². The smallest absolute Gasteiger partial charge is 0.336 e. The lowest BCUT2D eigenvalue weighted by Crippen LogP contribution is -2.28. The van der Waals surface area contributed by atoms with Crippen molar-refractivity contribution < 1.29 is 23.8 Å². The average Bonchev–Trinajstić information content (AvgIpc) is 2.61. The van der Waals surface area contributed by atoms with Gasteiger partial charge >= 0.3 is 11.9 Å². The number of esters is 2. The van der Waals surface area contributed by atoms with Gasteiger partial charge in [0.2, 0.25) is 0 Å². The van der Waals surface area contributed by atoms with Crippen molar-refractivity contribution >= 4 is 27.9 Å². The van der Waals surface area contributed by atoms with Crippen LogP contribution >= 0.6 is 15.9 Å². The Morgan fingerprint density at radius 3 is 2.08 bits per heavy atom. The fourth-order valence-corrected chi connectivity index (χ4v) is 3.21. The van der Waals surface area contributed by atoms with Gasteiger partial charge in [-0.2, -0.15) is 0 Å². The van der Waals surface area contributed by atoms with Gasteiger partial charge in [0.15, 0.2) is 0 Å². The number of carbonyl (C=O) groups is 2. The molecule has 0 fully saturated rings. The molecule has 1 heterocycles. The lowest BCUT2D eigenvalue weighted by atomic mass is 9.83. The van der Waals surface area contributed by atoms with Crippen LogP contribution in [0.4, 0.5) is 0 Å². The van der Waals surface area contributed by atoms with Gasteiger partial charge in [-0.25, -0.2) is 9.59 Å². The minimum Gasteiger partial charge on any atom is -0.496 e. The minimum atomic E-state index is -0.656. The van der Waals surface area contributed by atoms with Crippen molar-refractivity contribution in [3.05, 3.63) is 51.8 Å². The van der Waals surface area contributed by atoms with Crippen LogP contribution in [0.1, 0.15) is 25.3 Å². The maximum atomic E-state index is 12.6. The SMILES string of the molecule is CCOC(=O)C1=CN(C)C=C(C(=O)OCC)C1c1cc(Br)ccc1OC. The fraction of sp³-hybridized carbons (Fsp3) is 0.368. The third-order valence-electron chi connectivity index (χ3n) is 3.83. The summed E-state index contributed by atoms with van der Waals surface area (Å²) in [4.78, 5) is 26.8. The molecular formula is C19H22BrNO5. The van der Waals surface area contributed by atoms with Crippen LogP contribution in [0.5, 0.6) is 5.75 Å². The molecule has 0 aromatic heterocycles. The lowest BCUT2D eigenvalue weighted by molar-refractivity contribution is -0.139. The normalized spacial score (nSPS) is 14.4. The van der Waals surface area contributed by atoms with E-state index >= 15 is 0 Å². The van der Waals surface area contributed by atoms with E-state index in [0.29, 0.717) is 22.5 Å². The van der Waals surface area contributed by atoms with E-state index in [1.54, 1.807) is 51.4 Å². The third kappa shape index (κ3) is 4.27. The average molecular weight is 424 g/mol. The number of methoxy groups -OCH3 is 1. The highest BCUT2D eigenvalue weighted by molar-refractivity contribution is 9.10. The Hall–Kier alpha value is -2.28. The summed E-state index contributed by atoms with van der Waals surface area (Å²) >= 11 is 3.44. The highest BCUT2D eigenvalue weighted by atomic mass is 79.9. The van der Waals surface area contributed by atoms with Crippen LogP contribution in [-0.2, 0) is 19.1 Å². The molecule has 0 unspecified atom stereocenters. The molecule has 0 bridgehead atoms. The number of rotatable bonds is 6. The van der Waals surface area contributed by atoms with Crippen molar-refractivity contribution in [3.8, 4) is 5.75 Å². The van der Waals surface area contributed by atoms with E-state index < -0.39 is 17.9 Å². The van der Waals surface area contributed by atoms with E-state index in [0.717, 1.165) is 4.47 Å². The van der Waals surface area contributed by atoms with Crippen molar-refractivity contribution in [2.24, 2.45) is 0 Å². The third-order valence-corrected chi connectivity index (χ3v) is 4.33. The Balaban J connectivity index is 2.64. The predicted octanol–water partition coefficient (Wildman–Crippen LogP) is 3.38. The number of halogens is 1. The Bertz CT molecular complexity index is 720. The van der Waals surface area contributed by atoms with E-state index in [1.165, 1.54) is 0 Å². The molecule has 1 aliphatic heterocycles. The zero-order chi connectivity index (χ0) is 19.3. The Labute approximate surface area is 161 Å². The molecule has 1 aromatic carbocycles. The monoisotopic (exact) mass is 423 g/mol. The van der Waals surface area contributed by atoms with Crippen molar-refractivity contribution in [1.29, 1.82) is 0 Å². The van der Waals surface area contributed by atoms with E-state index in [2.05, 4.69) is 15.9 Å². The molecule has 140 valence electrons. The van der Waals surface area contributed by atoms with Gasteiger partial charge in [0, 0.05) is 29.5 Å². The summed E-state index contributed by atoms with van der Waals surface area (Å²) in [5.41, 5.74) is 1.36. The molecule has 6 nitrogen and oxygen atoms in total. The molecule has 1 aromatic rings. The molecule has 0 saturated carbocycles. The van der Waals surface area contributed by atoms with E-state index in [1.807, 2.05) is 12.1 Å². The Morgan fingerprint density at radius 2 is 1.62 bits per heavy atom. The number of ether oxygens (including phenoxy) is 3. The van der Waals surface area contributed by atoms with Gasteiger partial charge in [-0.05, 0) is 32.0 Å². The van der Waals surface area contributed by atoms with Crippen molar-refractivity contribution in [1.82, 2.24) is 4.90 Å². The van der Waals surface area contributed by atoms with Crippen LogP contribution < -0.4 is 4.74 Å². The summed E-state index contributed by atoms with van der Waals surface area (Å²) in [7, 11) is 3.29. The molecule has 2 rings (SSSR count). The van der Waals surface area contributed by atoms with Gasteiger partial charge in [0.05, 0.1) is 37.4 Å². The standard InChI is InChI=1S/C19H22BrNO5/c1-5-25-18(22)14-10-21(3)11-15(19(23)26-6-2)17(14)13-9-12(20)7-8-16(13)24-4/h7-11,17H,5-6H2,1-4H3. The van der Waals surface area contributed by atoms with Crippen LogP contribution in [0.2, 0.25) is 0 Å². The van der Waals surface area contributed by atoms with Gasteiger partial charge in [-0.3, -0.25) is 0 Å². The molecular weight excluding hydrogens is 402 g/mol. The number of hydrogen-bond acceptors (Lipinski definition) is 6. The van der Waals surface area contributed by atoms with Crippen LogP contribution in [-0.4, -0.2) is 44.2 Å². The van der Waals surface area contributed by atoms with E-state index in [9.17, 15) is 9.59 Å². The topological polar surface area (TPSA) is 65.1 Å². The molecule has 0 saturated heterocycles. The number of benzene rings is 1. The number of hydrogen-bond donors (Lipinski definition) is 0. The fourth-order valence-electron chi connectivity index (χ4n) is 2.83. The maximum absolute atomic E-state index is 12.6. The summed E-state index contributed by atoms with van der Waals surface area (Å²) in [5, 5.41) is 0. The molecule has 0 spiro atoms. The van der Waals surface area contributed by atoms with Gasteiger partial charge < -0.3 is 19.1 Å². The minimum absolute atomic E-state index is 0.237. The van der Waals surface area contributed by atoms with Crippen molar-refractivity contribution in [2.75, 3.05) is 27.4 Å². The first kappa shape index (κ1) is 20.0. The Kier molecular flexibility index (Phi) is 6.85. The molecule has 7 heteroatoms. The van der Waals surface area contributed by atoms with E-state index in [4.69, 9.17) is 14.2 Å². The number of nitrogens with zero attached hydrogens (tertiary/aromatic N) is 1. The molecule has 0 radical (unpaired) electrons. The molecule has 0 N–H and O–H groups in total. The predicted molar refractivity (Wildman–Crippen MR) is 101 cm³/mol. The van der Waals surface area contributed by atoms with Gasteiger partial charge in [-0.1, -0.05) is 15.9 Å². The molecule has 0 atom stereocenters. The second kappa shape index (κ2) is 8.89. The highest BCUT2D eigenvalue weighted by Gasteiger charge is 2.36. The lowest BCUT2D eigenvalue weighted by Gasteiger charge is -2.29. The molecule has 0 amide bonds. The largest absolute Gasteiger partial charge is 0.496 e. The summed E-state index contributed by atoms with van der Waals surface area (Å²) in [6, 6.07) is 5.44. The van der Waals surface area contributed by atoms with Crippen LogP contribution in [0.25, 0.3) is 0 Å². The quantitative estimate of drug-likeness (QED) is 0.653. The molecule has 26 heavy (non-hydrogen) atoms. The first-order chi connectivity index (χ1) is 12.4. The number of carbonyl (C=O) groups excluding carboxylic acids is 2. The summed E-state index contributed by atoms with van der Waals surface area (Å²) in [6.45, 7) is 3.95. The Morgan fingerprint density at radius 1 is 1.08 bits per heavy atom. The summed E-state index contributed by atoms with van der Waals surface area (Å²) in [5.74, 6) is -1.06. The zero-order valence-electron chi connectivity index (χ0n) is 15.2. The van der Waals surface area contributed by atoms with Crippen LogP contribution in [0.3, 0.4) is 0 Å². The molecule has 0 aliphatic carbocycles. The first-order valence-electron chi connectivity index (χ1n) is 8.25.